The molecule has 0 saturated heterocycles. The number of Topliss-reactive ketones (excluding diaryl/α,β-unsaturated/α-hetero) is 1. The van der Waals surface area contributed by atoms with E-state index in [2.05, 4.69) is 22.3 Å². The maximum absolute atomic E-state index is 12.1. The first-order valence-corrected chi connectivity index (χ1v) is 7.65. The predicted octanol–water partition coefficient (Wildman–Crippen LogP) is 1.47. The van der Waals surface area contributed by atoms with Gasteiger partial charge in [-0.2, -0.15) is 5.10 Å². The molecule has 0 bridgehead atoms. The summed E-state index contributed by atoms with van der Waals surface area (Å²) in [4.78, 5) is 28.3. The molecule has 106 valence electrons. The Morgan fingerprint density at radius 1 is 1.50 bits per heavy atom. The first kappa shape index (κ1) is 13.4. The number of aryl methyl sites for hydroxylation is 1. The molecule has 0 aromatic carbocycles. The number of aromatic nitrogens is 2. The van der Waals surface area contributed by atoms with Gasteiger partial charge in [0.05, 0.1) is 6.54 Å². The highest BCUT2D eigenvalue weighted by Gasteiger charge is 2.23. The average Bonchev–Trinajstić information content (AvgIpc) is 2.97. The molecule has 0 spiro atoms. The summed E-state index contributed by atoms with van der Waals surface area (Å²) in [7, 11) is 0. The number of fused-ring (bicyclic) bond motifs is 1. The molecule has 6 nitrogen and oxygen atoms in total. The van der Waals surface area contributed by atoms with Crippen LogP contribution in [0.2, 0.25) is 0 Å². The molecular formula is C13H16N4O2S. The second-order valence-corrected chi connectivity index (χ2v) is 6.47. The zero-order valence-electron chi connectivity index (χ0n) is 11.3. The molecule has 1 amide bonds. The fourth-order valence-electron chi connectivity index (χ4n) is 2.30. The molecule has 0 saturated carbocycles. The number of carbonyl (C=O) groups excluding carboxylic acids is 2. The Bertz CT molecular complexity index is 593. The second-order valence-electron chi connectivity index (χ2n) is 5.05. The summed E-state index contributed by atoms with van der Waals surface area (Å²) in [5, 5.41) is 8.02. The number of nitrogens with one attached hydrogen (secondary N) is 1. The number of rotatable bonds is 1. The van der Waals surface area contributed by atoms with Crippen molar-refractivity contribution in [2.75, 3.05) is 6.54 Å². The van der Waals surface area contributed by atoms with Crippen LogP contribution in [0.3, 0.4) is 0 Å². The third-order valence-corrected chi connectivity index (χ3v) is 4.35. The van der Waals surface area contributed by atoms with E-state index in [1.165, 1.54) is 0 Å². The van der Waals surface area contributed by atoms with E-state index in [0.717, 1.165) is 19.4 Å². The lowest BCUT2D eigenvalue weighted by molar-refractivity contribution is 0.0967. The number of hydrogen-bond acceptors (Lipinski definition) is 5. The van der Waals surface area contributed by atoms with Gasteiger partial charge in [-0.05, 0) is 12.8 Å². The van der Waals surface area contributed by atoms with Gasteiger partial charge < -0.3 is 0 Å². The number of nitrogens with zero attached hydrogens (tertiary/aromatic N) is 3. The Kier molecular flexibility index (Phi) is 3.60. The fraction of sp³-hybridized carbons (Fsp3) is 0.538. The minimum Gasteiger partial charge on any atom is -0.300 e. The van der Waals surface area contributed by atoms with E-state index in [0.29, 0.717) is 29.1 Å². The Morgan fingerprint density at radius 2 is 2.35 bits per heavy atom. The lowest BCUT2D eigenvalue weighted by Crippen LogP contribution is -2.28. The third kappa shape index (κ3) is 2.63. The minimum absolute atomic E-state index is 0.0651. The number of amidine groups is 1. The summed E-state index contributed by atoms with van der Waals surface area (Å²) < 4.78 is 1.65. The topological polar surface area (TPSA) is 76.3 Å². The van der Waals surface area contributed by atoms with Crippen LogP contribution in [-0.2, 0) is 6.54 Å². The molecule has 2 aliphatic rings. The van der Waals surface area contributed by atoms with Crippen LogP contribution in [0.1, 0.15) is 47.2 Å². The number of carbonyl (C=O) groups is 2. The van der Waals surface area contributed by atoms with Gasteiger partial charge in [-0.3, -0.25) is 24.6 Å². The molecular weight excluding hydrogens is 276 g/mol. The van der Waals surface area contributed by atoms with Crippen molar-refractivity contribution >= 4 is 28.6 Å². The van der Waals surface area contributed by atoms with Crippen LogP contribution in [-0.4, -0.2) is 38.4 Å². The van der Waals surface area contributed by atoms with Crippen molar-refractivity contribution in [2.45, 2.75) is 38.0 Å². The standard InChI is InChI=1S/C13H16N4O2S/c1-8-7-14-13(20-8)15-12(19)9-6-10-11(18)4-2-3-5-17(10)16-9/h6,8H,2-5,7H2,1H3,(H,14,15,19). The number of ketones is 1. The molecule has 0 radical (unpaired) electrons. The van der Waals surface area contributed by atoms with Gasteiger partial charge >= 0.3 is 0 Å². The second kappa shape index (κ2) is 5.40. The molecule has 3 heterocycles. The lowest BCUT2D eigenvalue weighted by Gasteiger charge is -2.02. The predicted molar refractivity (Wildman–Crippen MR) is 77.2 cm³/mol. The highest BCUT2D eigenvalue weighted by molar-refractivity contribution is 8.14. The van der Waals surface area contributed by atoms with Crippen LogP contribution >= 0.6 is 11.8 Å². The van der Waals surface area contributed by atoms with Gasteiger partial charge in [-0.1, -0.05) is 18.7 Å². The van der Waals surface area contributed by atoms with E-state index >= 15 is 0 Å². The van der Waals surface area contributed by atoms with E-state index in [1.807, 2.05) is 0 Å². The van der Waals surface area contributed by atoms with Crippen LogP contribution in [0.5, 0.6) is 0 Å². The van der Waals surface area contributed by atoms with E-state index in [9.17, 15) is 9.59 Å². The number of amides is 1. The van der Waals surface area contributed by atoms with Crippen molar-refractivity contribution in [1.29, 1.82) is 0 Å². The molecule has 3 rings (SSSR count). The van der Waals surface area contributed by atoms with E-state index < -0.39 is 0 Å². The van der Waals surface area contributed by atoms with Gasteiger partial charge in [0.25, 0.3) is 5.91 Å². The smallest absolute Gasteiger partial charge is 0.277 e. The maximum atomic E-state index is 12.1. The summed E-state index contributed by atoms with van der Waals surface area (Å²) in [6, 6.07) is 1.59. The molecule has 0 aliphatic carbocycles. The van der Waals surface area contributed by atoms with Crippen molar-refractivity contribution in [3.05, 3.63) is 17.5 Å². The Morgan fingerprint density at radius 3 is 3.10 bits per heavy atom. The van der Waals surface area contributed by atoms with Crippen molar-refractivity contribution in [1.82, 2.24) is 15.1 Å². The maximum Gasteiger partial charge on any atom is 0.277 e. The highest BCUT2D eigenvalue weighted by Crippen LogP contribution is 2.19. The summed E-state index contributed by atoms with van der Waals surface area (Å²) >= 11 is 1.54. The largest absolute Gasteiger partial charge is 0.300 e. The monoisotopic (exact) mass is 292 g/mol. The number of hydrogen-bond donors (Lipinski definition) is 1. The quantitative estimate of drug-likeness (QED) is 0.850. The van der Waals surface area contributed by atoms with E-state index in [4.69, 9.17) is 0 Å². The van der Waals surface area contributed by atoms with E-state index in [-0.39, 0.29) is 17.4 Å². The molecule has 1 unspecified atom stereocenters. The van der Waals surface area contributed by atoms with Gasteiger partial charge in [-0.15, -0.1) is 0 Å². The van der Waals surface area contributed by atoms with Crippen molar-refractivity contribution in [3.63, 3.8) is 0 Å². The SMILES string of the molecule is CC1CN=C(NC(=O)c2cc3n(n2)CCCCC3=O)S1. The third-order valence-electron chi connectivity index (χ3n) is 3.35. The first-order valence-electron chi connectivity index (χ1n) is 6.77. The van der Waals surface area contributed by atoms with Crippen molar-refractivity contribution in [2.24, 2.45) is 4.99 Å². The summed E-state index contributed by atoms with van der Waals surface area (Å²) in [6.45, 7) is 3.48. The normalized spacial score (nSPS) is 22.1. The average molecular weight is 292 g/mol. The van der Waals surface area contributed by atoms with Gasteiger partial charge in [0, 0.05) is 24.3 Å². The molecule has 1 aromatic rings. The highest BCUT2D eigenvalue weighted by atomic mass is 32.2. The van der Waals surface area contributed by atoms with Gasteiger partial charge in [0.15, 0.2) is 16.6 Å². The number of aliphatic imine (C=N–C) groups is 1. The Balaban J connectivity index is 1.76. The fourth-order valence-corrected chi connectivity index (χ4v) is 3.14. The van der Waals surface area contributed by atoms with Crippen LogP contribution in [0.15, 0.2) is 11.1 Å². The Labute approximate surface area is 121 Å². The molecule has 1 aromatic heterocycles. The molecule has 20 heavy (non-hydrogen) atoms. The van der Waals surface area contributed by atoms with Crippen LogP contribution in [0.4, 0.5) is 0 Å². The van der Waals surface area contributed by atoms with Crippen molar-refractivity contribution < 1.29 is 9.59 Å². The van der Waals surface area contributed by atoms with Gasteiger partial charge in [-0.25, -0.2) is 0 Å². The molecule has 7 heteroatoms. The molecule has 0 fully saturated rings. The molecule has 1 atom stereocenters. The van der Waals surface area contributed by atoms with Crippen LogP contribution in [0.25, 0.3) is 0 Å². The summed E-state index contributed by atoms with van der Waals surface area (Å²) in [6.07, 6.45) is 2.34. The van der Waals surface area contributed by atoms with Crippen LogP contribution in [0, 0.1) is 0 Å². The molecule has 1 N–H and O–H groups in total. The summed E-state index contributed by atoms with van der Waals surface area (Å²) in [5.41, 5.74) is 0.833. The number of thioether (sulfide) groups is 1. The van der Waals surface area contributed by atoms with E-state index in [1.54, 1.807) is 22.5 Å². The van der Waals surface area contributed by atoms with Crippen LogP contribution < -0.4 is 5.32 Å². The zero-order chi connectivity index (χ0) is 14.1. The summed E-state index contributed by atoms with van der Waals surface area (Å²) in [5.74, 6) is -0.228. The zero-order valence-corrected chi connectivity index (χ0v) is 12.1. The Hall–Kier alpha value is -1.63. The van der Waals surface area contributed by atoms with Crippen molar-refractivity contribution in [3.8, 4) is 0 Å². The van der Waals surface area contributed by atoms with Gasteiger partial charge in [0.1, 0.15) is 5.69 Å². The molecule has 2 aliphatic heterocycles. The minimum atomic E-state index is -0.293. The lowest BCUT2D eigenvalue weighted by atomic mass is 10.1. The first-order chi connectivity index (χ1) is 9.63. The van der Waals surface area contributed by atoms with Gasteiger partial charge in [0.2, 0.25) is 0 Å².